The van der Waals surface area contributed by atoms with E-state index in [0.29, 0.717) is 13.0 Å². The molecule has 3 aromatic carbocycles. The molecule has 0 heterocycles. The molecule has 0 bridgehead atoms. The van der Waals surface area contributed by atoms with Crippen LogP contribution in [0, 0.1) is 6.92 Å². The van der Waals surface area contributed by atoms with E-state index in [1.807, 2.05) is 85.8 Å². The van der Waals surface area contributed by atoms with Crippen molar-refractivity contribution in [2.75, 3.05) is 0 Å². The molecule has 0 aromatic heterocycles. The van der Waals surface area contributed by atoms with Crippen molar-refractivity contribution in [2.24, 2.45) is 0 Å². The van der Waals surface area contributed by atoms with Crippen LogP contribution < -0.4 is 5.32 Å². The maximum Gasteiger partial charge on any atom is 0.243 e. The molecule has 35 heavy (non-hydrogen) atoms. The van der Waals surface area contributed by atoms with Gasteiger partial charge in [-0.25, -0.2) is 0 Å². The first-order valence-electron chi connectivity index (χ1n) is 12.4. The predicted octanol–water partition coefficient (Wildman–Crippen LogP) is 6.00. The van der Waals surface area contributed by atoms with Gasteiger partial charge in [0.15, 0.2) is 0 Å². The minimum Gasteiger partial charge on any atom is -0.352 e. The minimum absolute atomic E-state index is 0.0400. The van der Waals surface area contributed by atoms with Gasteiger partial charge in [0.05, 0.1) is 6.42 Å². The van der Waals surface area contributed by atoms with E-state index in [1.54, 1.807) is 4.90 Å². The number of amides is 2. The minimum atomic E-state index is -0.589. The first kappa shape index (κ1) is 25.2. The quantitative estimate of drug-likeness (QED) is 0.367. The molecule has 3 aromatic rings. The zero-order valence-electron chi connectivity index (χ0n) is 20.3. The van der Waals surface area contributed by atoms with Crippen LogP contribution in [0.3, 0.4) is 0 Å². The molecule has 1 aliphatic carbocycles. The van der Waals surface area contributed by atoms with E-state index in [1.165, 1.54) is 0 Å². The van der Waals surface area contributed by atoms with Gasteiger partial charge in [0.25, 0.3) is 0 Å². The van der Waals surface area contributed by atoms with Crippen LogP contribution in [-0.2, 0) is 29.0 Å². The molecule has 0 spiro atoms. The molecule has 1 saturated carbocycles. The fourth-order valence-electron chi connectivity index (χ4n) is 4.83. The Balaban J connectivity index is 1.67. The Kier molecular flexibility index (Phi) is 8.75. The third-order valence-electron chi connectivity index (χ3n) is 6.82. The number of carbonyl (C=O) groups is 2. The van der Waals surface area contributed by atoms with E-state index in [2.05, 4.69) is 21.2 Å². The summed E-state index contributed by atoms with van der Waals surface area (Å²) >= 11 is 3.55. The van der Waals surface area contributed by atoms with Crippen LogP contribution in [0.1, 0.15) is 47.9 Å². The molecule has 4 rings (SSSR count). The van der Waals surface area contributed by atoms with Gasteiger partial charge in [-0.05, 0) is 54.2 Å². The Morgan fingerprint density at radius 1 is 0.943 bits per heavy atom. The number of nitrogens with one attached hydrogen (secondary N) is 1. The summed E-state index contributed by atoms with van der Waals surface area (Å²) in [6.45, 7) is 2.40. The fraction of sp³-hybridized carbons (Fsp3) is 0.333. The highest BCUT2D eigenvalue weighted by atomic mass is 79.9. The van der Waals surface area contributed by atoms with Crippen molar-refractivity contribution < 1.29 is 9.59 Å². The second-order valence-electron chi connectivity index (χ2n) is 9.45. The van der Waals surface area contributed by atoms with Gasteiger partial charge in [0.1, 0.15) is 6.04 Å². The number of halogens is 1. The van der Waals surface area contributed by atoms with E-state index in [0.717, 1.165) is 52.4 Å². The number of benzene rings is 3. The number of nitrogens with zero attached hydrogens (tertiary/aromatic N) is 1. The van der Waals surface area contributed by atoms with Crippen LogP contribution in [0.5, 0.6) is 0 Å². The molecule has 0 saturated heterocycles. The summed E-state index contributed by atoms with van der Waals surface area (Å²) in [6, 6.07) is 25.5. The van der Waals surface area contributed by atoms with Crippen LogP contribution in [0.2, 0.25) is 0 Å². The third-order valence-corrected chi connectivity index (χ3v) is 7.31. The van der Waals surface area contributed by atoms with Crippen LogP contribution in [-0.4, -0.2) is 28.8 Å². The summed E-state index contributed by atoms with van der Waals surface area (Å²) in [5, 5.41) is 3.26. The highest BCUT2D eigenvalue weighted by Crippen LogP contribution is 2.22. The Morgan fingerprint density at radius 2 is 1.63 bits per heavy atom. The van der Waals surface area contributed by atoms with Crippen molar-refractivity contribution in [2.45, 2.75) is 64.1 Å². The SMILES string of the molecule is Cc1ccccc1CC(=O)N(Cc1cccc(Br)c1)[C@@H](Cc1ccccc1)C(=O)NC1CCCC1. The van der Waals surface area contributed by atoms with Gasteiger partial charge in [-0.1, -0.05) is 95.5 Å². The van der Waals surface area contributed by atoms with Gasteiger partial charge in [-0.2, -0.15) is 0 Å². The number of aryl methyl sites for hydroxylation is 1. The van der Waals surface area contributed by atoms with Gasteiger partial charge < -0.3 is 10.2 Å². The molecule has 0 unspecified atom stereocenters. The lowest BCUT2D eigenvalue weighted by atomic mass is 10.00. The van der Waals surface area contributed by atoms with E-state index in [9.17, 15) is 9.59 Å². The maximum absolute atomic E-state index is 13.9. The van der Waals surface area contributed by atoms with Crippen molar-refractivity contribution >= 4 is 27.7 Å². The molecule has 2 amide bonds. The molecule has 0 aliphatic heterocycles. The van der Waals surface area contributed by atoms with Crippen LogP contribution in [0.25, 0.3) is 0 Å². The van der Waals surface area contributed by atoms with Crippen LogP contribution >= 0.6 is 15.9 Å². The summed E-state index contributed by atoms with van der Waals surface area (Å²) in [5.41, 5.74) is 4.11. The number of carbonyl (C=O) groups excluding carboxylic acids is 2. The van der Waals surface area contributed by atoms with Crippen LogP contribution in [0.4, 0.5) is 0 Å². The van der Waals surface area contributed by atoms with Gasteiger partial charge in [-0.3, -0.25) is 9.59 Å². The van der Waals surface area contributed by atoms with E-state index >= 15 is 0 Å². The van der Waals surface area contributed by atoms with Crippen molar-refractivity contribution in [3.63, 3.8) is 0 Å². The Hall–Kier alpha value is -2.92. The van der Waals surface area contributed by atoms with E-state index < -0.39 is 6.04 Å². The topological polar surface area (TPSA) is 49.4 Å². The lowest BCUT2D eigenvalue weighted by Crippen LogP contribution is -2.52. The van der Waals surface area contributed by atoms with Crippen molar-refractivity contribution in [1.29, 1.82) is 0 Å². The average Bonchev–Trinajstić information content (AvgIpc) is 3.36. The third kappa shape index (κ3) is 7.04. The first-order chi connectivity index (χ1) is 17.0. The molecule has 0 radical (unpaired) electrons. The highest BCUT2D eigenvalue weighted by Gasteiger charge is 2.32. The molecule has 5 heteroatoms. The van der Waals surface area contributed by atoms with Gasteiger partial charge in [0, 0.05) is 23.5 Å². The molecule has 182 valence electrons. The average molecular weight is 534 g/mol. The summed E-state index contributed by atoms with van der Waals surface area (Å²) < 4.78 is 0.955. The smallest absolute Gasteiger partial charge is 0.243 e. The van der Waals surface area contributed by atoms with E-state index in [4.69, 9.17) is 0 Å². The molecular formula is C30H33BrN2O2. The number of hydrogen-bond acceptors (Lipinski definition) is 2. The molecule has 1 atom stereocenters. The molecular weight excluding hydrogens is 500 g/mol. The zero-order valence-corrected chi connectivity index (χ0v) is 21.8. The van der Waals surface area contributed by atoms with E-state index in [-0.39, 0.29) is 24.3 Å². The number of rotatable bonds is 9. The van der Waals surface area contributed by atoms with Crippen molar-refractivity contribution in [3.05, 3.63) is 106 Å². The standard InChI is InChI=1S/C30H33BrN2O2/c1-22-10-5-6-14-25(22)20-29(34)33(21-24-13-9-15-26(31)18-24)28(19-23-11-3-2-4-12-23)30(35)32-27-16-7-8-17-27/h2-6,9-15,18,27-28H,7-8,16-17,19-21H2,1H3,(H,32,35)/t28-/m0/s1. The van der Waals surface area contributed by atoms with Crippen molar-refractivity contribution in [1.82, 2.24) is 10.2 Å². The first-order valence-corrected chi connectivity index (χ1v) is 13.2. The second kappa shape index (κ2) is 12.2. The largest absolute Gasteiger partial charge is 0.352 e. The van der Waals surface area contributed by atoms with Gasteiger partial charge in [-0.15, -0.1) is 0 Å². The number of hydrogen-bond donors (Lipinski definition) is 1. The maximum atomic E-state index is 13.9. The molecule has 1 fully saturated rings. The normalized spacial score (nSPS) is 14.5. The van der Waals surface area contributed by atoms with Gasteiger partial charge in [0.2, 0.25) is 11.8 Å². The summed E-state index contributed by atoms with van der Waals surface area (Å²) in [4.78, 5) is 29.4. The van der Waals surface area contributed by atoms with Gasteiger partial charge >= 0.3 is 0 Å². The summed E-state index contributed by atoms with van der Waals surface area (Å²) in [7, 11) is 0. The zero-order chi connectivity index (χ0) is 24.6. The predicted molar refractivity (Wildman–Crippen MR) is 144 cm³/mol. The second-order valence-corrected chi connectivity index (χ2v) is 10.4. The summed E-state index contributed by atoms with van der Waals surface area (Å²) in [5.74, 6) is -0.101. The lowest BCUT2D eigenvalue weighted by Gasteiger charge is -2.32. The molecule has 4 nitrogen and oxygen atoms in total. The highest BCUT2D eigenvalue weighted by molar-refractivity contribution is 9.10. The molecule has 1 N–H and O–H groups in total. The molecule has 1 aliphatic rings. The Morgan fingerprint density at radius 3 is 2.34 bits per heavy atom. The Labute approximate surface area is 216 Å². The lowest BCUT2D eigenvalue weighted by molar-refractivity contribution is -0.141. The monoisotopic (exact) mass is 532 g/mol. The Bertz CT molecular complexity index is 1140. The van der Waals surface area contributed by atoms with Crippen molar-refractivity contribution in [3.8, 4) is 0 Å². The van der Waals surface area contributed by atoms with Crippen LogP contribution in [0.15, 0.2) is 83.3 Å². The fourth-order valence-corrected chi connectivity index (χ4v) is 5.27. The summed E-state index contributed by atoms with van der Waals surface area (Å²) in [6.07, 6.45) is 5.04.